The summed E-state index contributed by atoms with van der Waals surface area (Å²) in [6, 6.07) is 10.3. The van der Waals surface area contributed by atoms with E-state index < -0.39 is 0 Å². The van der Waals surface area contributed by atoms with Crippen molar-refractivity contribution in [2.24, 2.45) is 11.7 Å². The lowest BCUT2D eigenvalue weighted by atomic mass is 9.92. The lowest BCUT2D eigenvalue weighted by Crippen LogP contribution is -2.33. The van der Waals surface area contributed by atoms with Gasteiger partial charge in [-0.3, -0.25) is 4.79 Å². The van der Waals surface area contributed by atoms with Crippen LogP contribution in [0, 0.1) is 18.7 Å². The van der Waals surface area contributed by atoms with Gasteiger partial charge in [0.1, 0.15) is 11.5 Å². The SMILES string of the molecule is Cc1ccc(F)c2cc(C(=O)Nc3cc(Cl)cc(N4CCC(CCCN)CC4)c3)[nH]c12. The molecule has 0 spiro atoms. The summed E-state index contributed by atoms with van der Waals surface area (Å²) in [4.78, 5) is 18.2. The van der Waals surface area contributed by atoms with Crippen LogP contribution < -0.4 is 16.0 Å². The van der Waals surface area contributed by atoms with Crippen molar-refractivity contribution in [1.29, 1.82) is 0 Å². The summed E-state index contributed by atoms with van der Waals surface area (Å²) < 4.78 is 14.1. The molecule has 0 radical (unpaired) electrons. The predicted molar refractivity (Wildman–Crippen MR) is 126 cm³/mol. The molecule has 3 aromatic rings. The Morgan fingerprint density at radius 3 is 2.74 bits per heavy atom. The van der Waals surface area contributed by atoms with E-state index in [-0.39, 0.29) is 11.7 Å². The second kappa shape index (κ2) is 9.28. The molecule has 2 heterocycles. The summed E-state index contributed by atoms with van der Waals surface area (Å²) in [6.07, 6.45) is 4.53. The van der Waals surface area contributed by atoms with E-state index in [0.717, 1.165) is 56.1 Å². The Morgan fingerprint density at radius 2 is 2.03 bits per heavy atom. The van der Waals surface area contributed by atoms with Gasteiger partial charge in [-0.05, 0) is 81.0 Å². The van der Waals surface area contributed by atoms with Crippen molar-refractivity contribution in [3.63, 3.8) is 0 Å². The van der Waals surface area contributed by atoms with Crippen LogP contribution in [0.3, 0.4) is 0 Å². The van der Waals surface area contributed by atoms with Crippen LogP contribution in [0.5, 0.6) is 0 Å². The number of hydrogen-bond donors (Lipinski definition) is 3. The van der Waals surface area contributed by atoms with Gasteiger partial charge in [0, 0.05) is 34.9 Å². The van der Waals surface area contributed by atoms with E-state index in [9.17, 15) is 9.18 Å². The third-order valence-electron chi connectivity index (χ3n) is 6.13. The van der Waals surface area contributed by atoms with Crippen molar-refractivity contribution < 1.29 is 9.18 Å². The Hall–Kier alpha value is -2.57. The molecule has 0 saturated carbocycles. The molecule has 31 heavy (non-hydrogen) atoms. The number of piperidine rings is 1. The van der Waals surface area contributed by atoms with E-state index in [1.807, 2.05) is 19.1 Å². The number of aryl methyl sites for hydroxylation is 1. The number of halogens is 2. The predicted octanol–water partition coefficient (Wildman–Crippen LogP) is 5.48. The summed E-state index contributed by atoms with van der Waals surface area (Å²) in [5, 5.41) is 3.88. The maximum atomic E-state index is 14.1. The van der Waals surface area contributed by atoms with Gasteiger partial charge in [-0.25, -0.2) is 4.39 Å². The third-order valence-corrected chi connectivity index (χ3v) is 6.35. The van der Waals surface area contributed by atoms with Gasteiger partial charge in [-0.1, -0.05) is 17.7 Å². The van der Waals surface area contributed by atoms with Gasteiger partial charge in [0.15, 0.2) is 0 Å². The minimum atomic E-state index is -0.351. The molecule has 7 heteroatoms. The first-order chi connectivity index (χ1) is 14.9. The van der Waals surface area contributed by atoms with E-state index >= 15 is 0 Å². The second-order valence-corrected chi connectivity index (χ2v) is 8.79. The Morgan fingerprint density at radius 1 is 1.26 bits per heavy atom. The Labute approximate surface area is 186 Å². The summed E-state index contributed by atoms with van der Waals surface area (Å²) in [5.74, 6) is 0.0449. The number of nitrogens with one attached hydrogen (secondary N) is 2. The van der Waals surface area contributed by atoms with Gasteiger partial charge in [0.05, 0.1) is 5.52 Å². The smallest absolute Gasteiger partial charge is 0.272 e. The Kier molecular flexibility index (Phi) is 6.49. The molecule has 0 unspecified atom stereocenters. The monoisotopic (exact) mass is 442 g/mol. The van der Waals surface area contributed by atoms with Gasteiger partial charge in [0.25, 0.3) is 5.91 Å². The lowest BCUT2D eigenvalue weighted by Gasteiger charge is -2.34. The fourth-order valence-electron chi connectivity index (χ4n) is 4.36. The highest BCUT2D eigenvalue weighted by Gasteiger charge is 2.20. The van der Waals surface area contributed by atoms with Crippen LogP contribution in [0.2, 0.25) is 5.02 Å². The molecule has 4 rings (SSSR count). The number of H-pyrrole nitrogens is 1. The quantitative estimate of drug-likeness (QED) is 0.473. The Balaban J connectivity index is 1.48. The number of benzene rings is 2. The molecule has 1 aliphatic heterocycles. The Bertz CT molecular complexity index is 1050. The summed E-state index contributed by atoms with van der Waals surface area (Å²) in [6.45, 7) is 4.55. The van der Waals surface area contributed by atoms with E-state index in [2.05, 4.69) is 15.2 Å². The molecular weight excluding hydrogens is 415 g/mol. The average molecular weight is 443 g/mol. The highest BCUT2D eigenvalue weighted by Crippen LogP contribution is 2.31. The number of hydrogen-bond acceptors (Lipinski definition) is 3. The first kappa shape index (κ1) is 21.7. The molecule has 4 N–H and O–H groups in total. The number of nitrogens with two attached hydrogens (primary N) is 1. The summed E-state index contributed by atoms with van der Waals surface area (Å²) >= 11 is 6.35. The zero-order chi connectivity index (χ0) is 22.0. The van der Waals surface area contributed by atoms with Crippen LogP contribution in [0.1, 0.15) is 41.7 Å². The molecule has 1 aromatic heterocycles. The van der Waals surface area contributed by atoms with Gasteiger partial charge < -0.3 is 20.9 Å². The minimum absolute atomic E-state index is 0.311. The average Bonchev–Trinajstić information content (AvgIpc) is 3.22. The van der Waals surface area contributed by atoms with Gasteiger partial charge in [-0.15, -0.1) is 0 Å². The minimum Gasteiger partial charge on any atom is -0.371 e. The molecule has 1 amide bonds. The van der Waals surface area contributed by atoms with Crippen molar-refractivity contribution in [2.75, 3.05) is 29.9 Å². The van der Waals surface area contributed by atoms with Crippen molar-refractivity contribution in [3.05, 3.63) is 58.5 Å². The van der Waals surface area contributed by atoms with Crippen molar-refractivity contribution in [3.8, 4) is 0 Å². The van der Waals surface area contributed by atoms with Crippen LogP contribution in [0.4, 0.5) is 15.8 Å². The number of amides is 1. The molecule has 1 aliphatic rings. The van der Waals surface area contributed by atoms with Crippen LogP contribution in [-0.2, 0) is 0 Å². The number of carbonyl (C=O) groups is 1. The zero-order valence-electron chi connectivity index (χ0n) is 17.7. The maximum absolute atomic E-state index is 14.1. The fraction of sp³-hybridized carbons (Fsp3) is 0.375. The van der Waals surface area contributed by atoms with Crippen LogP contribution >= 0.6 is 11.6 Å². The number of carbonyl (C=O) groups excluding carboxylic acids is 1. The van der Waals surface area contributed by atoms with E-state index in [0.29, 0.717) is 27.3 Å². The summed E-state index contributed by atoms with van der Waals surface area (Å²) in [5.41, 5.74) is 9.08. The van der Waals surface area contributed by atoms with Crippen LogP contribution in [0.15, 0.2) is 36.4 Å². The number of rotatable bonds is 6. The molecule has 2 aromatic carbocycles. The first-order valence-corrected chi connectivity index (χ1v) is 11.2. The number of nitrogens with zero attached hydrogens (tertiary/aromatic N) is 1. The fourth-order valence-corrected chi connectivity index (χ4v) is 4.59. The number of fused-ring (bicyclic) bond motifs is 1. The third kappa shape index (κ3) is 4.86. The molecule has 164 valence electrons. The van der Waals surface area contributed by atoms with Gasteiger partial charge in [0.2, 0.25) is 0 Å². The molecule has 0 atom stereocenters. The van der Waals surface area contributed by atoms with E-state index in [4.69, 9.17) is 17.3 Å². The van der Waals surface area contributed by atoms with E-state index in [1.165, 1.54) is 12.5 Å². The maximum Gasteiger partial charge on any atom is 0.272 e. The number of anilines is 2. The lowest BCUT2D eigenvalue weighted by molar-refractivity contribution is 0.102. The molecule has 1 saturated heterocycles. The standard InChI is InChI=1S/C24H28ClFN4O/c1-15-4-5-21(26)20-14-22(29-23(15)20)24(31)28-18-11-17(25)12-19(13-18)30-9-6-16(7-10-30)3-2-8-27/h4-5,11-14,16,29H,2-3,6-10,27H2,1H3,(H,28,31). The van der Waals surface area contributed by atoms with Crippen molar-refractivity contribution in [1.82, 2.24) is 4.98 Å². The first-order valence-electron chi connectivity index (χ1n) is 10.8. The molecule has 0 bridgehead atoms. The topological polar surface area (TPSA) is 74.2 Å². The number of aromatic amines is 1. The van der Waals surface area contributed by atoms with Crippen molar-refractivity contribution in [2.45, 2.75) is 32.6 Å². The molecule has 5 nitrogen and oxygen atoms in total. The molecule has 0 aliphatic carbocycles. The molecular formula is C24H28ClFN4O. The van der Waals surface area contributed by atoms with Gasteiger partial charge >= 0.3 is 0 Å². The number of aromatic nitrogens is 1. The van der Waals surface area contributed by atoms with Crippen LogP contribution in [-0.4, -0.2) is 30.5 Å². The summed E-state index contributed by atoms with van der Waals surface area (Å²) in [7, 11) is 0. The normalized spacial score (nSPS) is 14.9. The molecule has 1 fully saturated rings. The second-order valence-electron chi connectivity index (χ2n) is 8.35. The van der Waals surface area contributed by atoms with E-state index in [1.54, 1.807) is 18.2 Å². The largest absolute Gasteiger partial charge is 0.371 e. The zero-order valence-corrected chi connectivity index (χ0v) is 18.4. The van der Waals surface area contributed by atoms with Crippen molar-refractivity contribution >= 4 is 39.8 Å². The van der Waals surface area contributed by atoms with Crippen LogP contribution in [0.25, 0.3) is 10.9 Å². The van der Waals surface area contributed by atoms with Gasteiger partial charge in [-0.2, -0.15) is 0 Å². The highest BCUT2D eigenvalue weighted by atomic mass is 35.5. The highest BCUT2D eigenvalue weighted by molar-refractivity contribution is 6.31.